The minimum absolute atomic E-state index is 0.0478. The number of anilines is 1. The van der Waals surface area contributed by atoms with E-state index in [0.29, 0.717) is 16.5 Å². The Balaban J connectivity index is 2.64. The molecule has 1 heterocycles. The monoisotopic (exact) mass is 348 g/mol. The minimum atomic E-state index is -4.48. The Morgan fingerprint density at radius 2 is 2.05 bits per heavy atom. The summed E-state index contributed by atoms with van der Waals surface area (Å²) in [6, 6.07) is 3.90. The van der Waals surface area contributed by atoms with Gasteiger partial charge in [-0.05, 0) is 24.6 Å². The lowest BCUT2D eigenvalue weighted by molar-refractivity contribution is -0.137. The number of nitrogens with two attached hydrogens (primary N) is 1. The summed E-state index contributed by atoms with van der Waals surface area (Å²) in [5.41, 5.74) is 5.35. The predicted octanol–water partition coefficient (Wildman–Crippen LogP) is 4.66. The summed E-state index contributed by atoms with van der Waals surface area (Å²) in [5, 5.41) is 3.58. The van der Waals surface area contributed by atoms with E-state index in [0.717, 1.165) is 12.5 Å². The van der Waals surface area contributed by atoms with Gasteiger partial charge in [-0.3, -0.25) is 0 Å². The van der Waals surface area contributed by atoms with Gasteiger partial charge in [0.25, 0.3) is 0 Å². The van der Waals surface area contributed by atoms with Crippen LogP contribution in [0.2, 0.25) is 0 Å². The molecule has 1 aromatic heterocycles. The van der Waals surface area contributed by atoms with E-state index in [9.17, 15) is 13.2 Å². The van der Waals surface area contributed by atoms with E-state index in [2.05, 4.69) is 21.1 Å². The van der Waals surface area contributed by atoms with E-state index in [4.69, 9.17) is 10.3 Å². The molecule has 0 saturated heterocycles. The molecule has 0 aliphatic carbocycles. The zero-order valence-electron chi connectivity index (χ0n) is 10.6. The first-order chi connectivity index (χ1) is 9.34. The van der Waals surface area contributed by atoms with E-state index in [-0.39, 0.29) is 17.1 Å². The maximum atomic E-state index is 13.1. The first-order valence-electron chi connectivity index (χ1n) is 5.95. The maximum absolute atomic E-state index is 13.1. The lowest BCUT2D eigenvalue weighted by Gasteiger charge is -2.12. The van der Waals surface area contributed by atoms with Crippen LogP contribution in [0.1, 0.15) is 24.5 Å². The molecule has 3 nitrogen and oxygen atoms in total. The highest BCUT2D eigenvalue weighted by Crippen LogP contribution is 2.40. The molecule has 0 radical (unpaired) electrons. The van der Waals surface area contributed by atoms with Crippen molar-refractivity contribution in [2.24, 2.45) is 0 Å². The van der Waals surface area contributed by atoms with Crippen LogP contribution in [-0.4, -0.2) is 5.16 Å². The van der Waals surface area contributed by atoms with Gasteiger partial charge in [0.2, 0.25) is 0 Å². The number of aromatic nitrogens is 1. The summed E-state index contributed by atoms with van der Waals surface area (Å²) in [6.45, 7) is 1.91. The number of nitrogen functional groups attached to an aromatic ring is 1. The quantitative estimate of drug-likeness (QED) is 0.877. The average molecular weight is 349 g/mol. The molecule has 0 bridgehead atoms. The summed E-state index contributed by atoms with van der Waals surface area (Å²) < 4.78 is 44.7. The molecule has 0 aliphatic heterocycles. The fourth-order valence-electron chi connectivity index (χ4n) is 1.97. The fraction of sp³-hybridized carbons (Fsp3) is 0.308. The van der Waals surface area contributed by atoms with Gasteiger partial charge in [-0.15, -0.1) is 0 Å². The van der Waals surface area contributed by atoms with Gasteiger partial charge in [0.15, 0.2) is 11.6 Å². The minimum Gasteiger partial charge on any atom is -0.381 e. The van der Waals surface area contributed by atoms with Crippen LogP contribution in [0.5, 0.6) is 0 Å². The summed E-state index contributed by atoms with van der Waals surface area (Å²) in [6.07, 6.45) is -3.24. The van der Waals surface area contributed by atoms with Gasteiger partial charge in [-0.1, -0.05) is 34.4 Å². The molecule has 20 heavy (non-hydrogen) atoms. The normalized spacial score (nSPS) is 11.8. The van der Waals surface area contributed by atoms with Crippen LogP contribution in [0.4, 0.5) is 19.0 Å². The predicted molar refractivity (Wildman–Crippen MR) is 73.0 cm³/mol. The van der Waals surface area contributed by atoms with Gasteiger partial charge < -0.3 is 10.3 Å². The molecular weight excluding hydrogens is 337 g/mol. The Morgan fingerprint density at radius 1 is 1.35 bits per heavy atom. The Morgan fingerprint density at radius 3 is 2.65 bits per heavy atom. The fourth-order valence-corrected chi connectivity index (χ4v) is 2.33. The lowest BCUT2D eigenvalue weighted by Crippen LogP contribution is -2.07. The number of alkyl halides is 3. The second-order valence-corrected chi connectivity index (χ2v) is 5.23. The molecule has 2 aromatic rings. The van der Waals surface area contributed by atoms with Crippen molar-refractivity contribution in [3.8, 4) is 11.3 Å². The van der Waals surface area contributed by atoms with Crippen LogP contribution in [0, 0.1) is 0 Å². The lowest BCUT2D eigenvalue weighted by atomic mass is 10.00. The van der Waals surface area contributed by atoms with E-state index in [1.807, 2.05) is 6.92 Å². The Bertz CT molecular complexity index is 623. The van der Waals surface area contributed by atoms with Crippen molar-refractivity contribution in [3.05, 3.63) is 33.8 Å². The molecule has 0 amide bonds. The number of rotatable bonds is 3. The van der Waals surface area contributed by atoms with Gasteiger partial charge in [0.05, 0.1) is 5.56 Å². The van der Waals surface area contributed by atoms with Crippen LogP contribution < -0.4 is 5.73 Å². The van der Waals surface area contributed by atoms with Gasteiger partial charge in [-0.2, -0.15) is 13.2 Å². The average Bonchev–Trinajstić information content (AvgIpc) is 2.71. The number of halogens is 4. The third-order valence-corrected chi connectivity index (χ3v) is 3.34. The molecule has 0 aliphatic rings. The van der Waals surface area contributed by atoms with Crippen molar-refractivity contribution in [2.75, 3.05) is 5.73 Å². The summed E-state index contributed by atoms with van der Waals surface area (Å²) in [4.78, 5) is 0. The topological polar surface area (TPSA) is 52.0 Å². The number of benzene rings is 1. The molecule has 0 spiro atoms. The second-order valence-electron chi connectivity index (χ2n) is 4.31. The molecular formula is C13H12BrF3N2O. The van der Waals surface area contributed by atoms with Gasteiger partial charge >= 0.3 is 6.18 Å². The molecule has 2 N–H and O–H groups in total. The van der Waals surface area contributed by atoms with Crippen LogP contribution in [0.25, 0.3) is 11.3 Å². The van der Waals surface area contributed by atoms with Crippen LogP contribution in [0.15, 0.2) is 27.2 Å². The van der Waals surface area contributed by atoms with Gasteiger partial charge in [0.1, 0.15) is 0 Å². The third kappa shape index (κ3) is 2.82. The summed E-state index contributed by atoms with van der Waals surface area (Å²) in [5.74, 6) is 0.224. The van der Waals surface area contributed by atoms with E-state index < -0.39 is 11.7 Å². The largest absolute Gasteiger partial charge is 0.417 e. The smallest absolute Gasteiger partial charge is 0.381 e. The van der Waals surface area contributed by atoms with Gasteiger partial charge in [-0.25, -0.2) is 0 Å². The molecule has 0 fully saturated rings. The van der Waals surface area contributed by atoms with E-state index in [1.54, 1.807) is 0 Å². The van der Waals surface area contributed by atoms with Crippen molar-refractivity contribution in [1.82, 2.24) is 5.16 Å². The zero-order chi connectivity index (χ0) is 14.9. The zero-order valence-corrected chi connectivity index (χ0v) is 12.2. The maximum Gasteiger partial charge on any atom is 0.417 e. The van der Waals surface area contributed by atoms with E-state index in [1.165, 1.54) is 12.1 Å². The SMILES string of the molecule is CCCc1c(N)noc1-c1ccc(Br)cc1C(F)(F)F. The van der Waals surface area contributed by atoms with Crippen LogP contribution in [-0.2, 0) is 12.6 Å². The highest BCUT2D eigenvalue weighted by Gasteiger charge is 2.35. The van der Waals surface area contributed by atoms with E-state index >= 15 is 0 Å². The van der Waals surface area contributed by atoms with Crippen molar-refractivity contribution in [2.45, 2.75) is 25.9 Å². The van der Waals surface area contributed by atoms with Crippen LogP contribution in [0.3, 0.4) is 0 Å². The van der Waals surface area contributed by atoms with Crippen LogP contribution >= 0.6 is 15.9 Å². The number of nitrogens with zero attached hydrogens (tertiary/aromatic N) is 1. The third-order valence-electron chi connectivity index (χ3n) is 2.85. The molecule has 0 unspecified atom stereocenters. The van der Waals surface area contributed by atoms with Crippen molar-refractivity contribution < 1.29 is 17.7 Å². The van der Waals surface area contributed by atoms with Crippen molar-refractivity contribution in [3.63, 3.8) is 0 Å². The first kappa shape index (κ1) is 14.9. The molecule has 0 saturated carbocycles. The summed E-state index contributed by atoms with van der Waals surface area (Å²) in [7, 11) is 0. The standard InChI is InChI=1S/C13H12BrF3N2O/c1-2-3-9-11(20-19-12(9)18)8-5-4-7(14)6-10(8)13(15,16)17/h4-6H,2-3H2,1H3,(H2,18,19). The highest BCUT2D eigenvalue weighted by molar-refractivity contribution is 9.10. The number of hydrogen-bond donors (Lipinski definition) is 1. The highest BCUT2D eigenvalue weighted by atomic mass is 79.9. The molecule has 1 aromatic carbocycles. The Labute approximate surface area is 122 Å². The molecule has 0 atom stereocenters. The Hall–Kier alpha value is -1.50. The van der Waals surface area contributed by atoms with Gasteiger partial charge in [0, 0.05) is 15.6 Å². The molecule has 108 valence electrons. The second kappa shape index (κ2) is 5.47. The molecule has 2 rings (SSSR count). The molecule has 7 heteroatoms. The summed E-state index contributed by atoms with van der Waals surface area (Å²) >= 11 is 3.04. The Kier molecular flexibility index (Phi) is 4.08. The van der Waals surface area contributed by atoms with Crippen molar-refractivity contribution >= 4 is 21.7 Å². The first-order valence-corrected chi connectivity index (χ1v) is 6.75. The number of hydrogen-bond acceptors (Lipinski definition) is 3. The van der Waals surface area contributed by atoms with Crippen molar-refractivity contribution in [1.29, 1.82) is 0 Å².